The first-order valence-corrected chi connectivity index (χ1v) is 6.77. The smallest absolute Gasteiger partial charge is 0.288 e. The van der Waals surface area contributed by atoms with Crippen molar-refractivity contribution in [3.63, 3.8) is 0 Å². The van der Waals surface area contributed by atoms with Crippen LogP contribution >= 0.6 is 34.8 Å². The Morgan fingerprint density at radius 3 is 2.50 bits per heavy atom. The molecule has 4 nitrogen and oxygen atoms in total. The highest BCUT2D eigenvalue weighted by Crippen LogP contribution is 2.34. The van der Waals surface area contributed by atoms with Crippen LogP contribution in [-0.2, 0) is 5.88 Å². The van der Waals surface area contributed by atoms with Gasteiger partial charge in [0.25, 0.3) is 5.69 Å². The van der Waals surface area contributed by atoms with Crippen LogP contribution in [0.25, 0.3) is 0 Å². The quantitative estimate of drug-likeness (QED) is 0.426. The average Bonchev–Trinajstić information content (AvgIpc) is 2.38. The number of benzene rings is 2. The molecule has 0 saturated heterocycles. The molecule has 0 fully saturated rings. The summed E-state index contributed by atoms with van der Waals surface area (Å²) in [6.45, 7) is 0. The molecule has 0 spiro atoms. The fourth-order valence-electron chi connectivity index (χ4n) is 1.59. The monoisotopic (exact) mass is 331 g/mol. The lowest BCUT2D eigenvalue weighted by atomic mass is 10.2. The molecule has 0 aliphatic heterocycles. The van der Waals surface area contributed by atoms with Gasteiger partial charge < -0.3 is 4.74 Å². The third-order valence-electron chi connectivity index (χ3n) is 2.55. The standard InChI is InChI=1S/C13H8Cl3NO3/c14-7-9-10(15)2-1-3-13(9)20-8-4-5-12(17(18)19)11(16)6-8/h1-6H,7H2. The first kappa shape index (κ1) is 14.9. The van der Waals surface area contributed by atoms with E-state index in [9.17, 15) is 10.1 Å². The largest absolute Gasteiger partial charge is 0.457 e. The van der Waals surface area contributed by atoms with Gasteiger partial charge in [-0.25, -0.2) is 0 Å². The molecule has 0 heterocycles. The highest BCUT2D eigenvalue weighted by atomic mass is 35.5. The first-order chi connectivity index (χ1) is 9.52. The van der Waals surface area contributed by atoms with Gasteiger partial charge in [-0.3, -0.25) is 10.1 Å². The number of alkyl halides is 1. The second kappa shape index (κ2) is 6.31. The van der Waals surface area contributed by atoms with E-state index in [2.05, 4.69) is 0 Å². The molecule has 0 radical (unpaired) electrons. The maximum Gasteiger partial charge on any atom is 0.288 e. The summed E-state index contributed by atoms with van der Waals surface area (Å²) in [5.74, 6) is 1.04. The molecule has 2 rings (SSSR count). The third kappa shape index (κ3) is 3.15. The van der Waals surface area contributed by atoms with E-state index in [-0.39, 0.29) is 16.6 Å². The van der Waals surface area contributed by atoms with Crippen LogP contribution < -0.4 is 4.74 Å². The summed E-state index contributed by atoms with van der Waals surface area (Å²) < 4.78 is 5.62. The molecule has 0 aromatic heterocycles. The van der Waals surface area contributed by atoms with Crippen molar-refractivity contribution in [3.8, 4) is 11.5 Å². The van der Waals surface area contributed by atoms with Gasteiger partial charge in [-0.05, 0) is 18.2 Å². The van der Waals surface area contributed by atoms with Crippen LogP contribution in [0.3, 0.4) is 0 Å². The van der Waals surface area contributed by atoms with Crippen LogP contribution in [0.4, 0.5) is 5.69 Å². The second-order valence-corrected chi connectivity index (χ2v) is 4.90. The molecule has 0 atom stereocenters. The fraction of sp³-hybridized carbons (Fsp3) is 0.0769. The number of nitro groups is 1. The molecule has 0 aliphatic rings. The molecule has 104 valence electrons. The van der Waals surface area contributed by atoms with Crippen molar-refractivity contribution in [2.45, 2.75) is 5.88 Å². The van der Waals surface area contributed by atoms with Crippen molar-refractivity contribution < 1.29 is 9.66 Å². The Kier molecular flexibility index (Phi) is 4.70. The average molecular weight is 333 g/mol. The molecule has 0 saturated carbocycles. The van der Waals surface area contributed by atoms with Gasteiger partial charge in [0.05, 0.1) is 10.8 Å². The number of rotatable bonds is 4. The van der Waals surface area contributed by atoms with E-state index in [0.717, 1.165) is 0 Å². The topological polar surface area (TPSA) is 52.4 Å². The molecule has 0 unspecified atom stereocenters. The van der Waals surface area contributed by atoms with E-state index in [1.165, 1.54) is 18.2 Å². The van der Waals surface area contributed by atoms with Crippen LogP contribution in [0.2, 0.25) is 10.0 Å². The minimum absolute atomic E-state index is 0.00181. The van der Waals surface area contributed by atoms with E-state index in [1.807, 2.05) is 0 Å². The van der Waals surface area contributed by atoms with E-state index in [0.29, 0.717) is 22.1 Å². The number of hydrogen-bond acceptors (Lipinski definition) is 3. The molecule has 0 aliphatic carbocycles. The lowest BCUT2D eigenvalue weighted by molar-refractivity contribution is -0.384. The molecule has 0 N–H and O–H groups in total. The molecule has 0 bridgehead atoms. The van der Waals surface area contributed by atoms with Crippen molar-refractivity contribution in [1.29, 1.82) is 0 Å². The molecule has 2 aromatic carbocycles. The third-order valence-corrected chi connectivity index (χ3v) is 3.48. The zero-order valence-electron chi connectivity index (χ0n) is 9.98. The maximum atomic E-state index is 10.7. The highest BCUT2D eigenvalue weighted by molar-refractivity contribution is 6.33. The van der Waals surface area contributed by atoms with E-state index >= 15 is 0 Å². The summed E-state index contributed by atoms with van der Waals surface area (Å²) in [6, 6.07) is 9.25. The predicted octanol–water partition coefficient (Wildman–Crippen LogP) is 5.43. The Morgan fingerprint density at radius 1 is 1.15 bits per heavy atom. The first-order valence-electron chi connectivity index (χ1n) is 5.48. The van der Waals surface area contributed by atoms with Crippen molar-refractivity contribution in [2.75, 3.05) is 0 Å². The maximum absolute atomic E-state index is 10.7. The van der Waals surface area contributed by atoms with Gasteiger partial charge in [-0.2, -0.15) is 0 Å². The zero-order valence-corrected chi connectivity index (χ0v) is 12.2. The summed E-state index contributed by atoms with van der Waals surface area (Å²) in [5.41, 5.74) is 0.466. The number of halogens is 3. The van der Waals surface area contributed by atoms with E-state index in [4.69, 9.17) is 39.5 Å². The number of hydrogen-bond donors (Lipinski definition) is 0. The summed E-state index contributed by atoms with van der Waals surface area (Å²) in [7, 11) is 0. The van der Waals surface area contributed by atoms with E-state index < -0.39 is 4.92 Å². The fourth-order valence-corrected chi connectivity index (χ4v) is 2.41. The van der Waals surface area contributed by atoms with Gasteiger partial charge in [0.2, 0.25) is 0 Å². The van der Waals surface area contributed by atoms with Gasteiger partial charge >= 0.3 is 0 Å². The summed E-state index contributed by atoms with van der Waals surface area (Å²) >= 11 is 17.7. The Hall–Kier alpha value is -1.49. The molecule has 20 heavy (non-hydrogen) atoms. The van der Waals surface area contributed by atoms with Gasteiger partial charge in [-0.1, -0.05) is 29.3 Å². The van der Waals surface area contributed by atoms with Crippen LogP contribution in [0.15, 0.2) is 36.4 Å². The normalized spacial score (nSPS) is 10.3. The summed E-state index contributed by atoms with van der Waals surface area (Å²) in [4.78, 5) is 10.1. The second-order valence-electron chi connectivity index (χ2n) is 3.82. The molecule has 7 heteroatoms. The van der Waals surface area contributed by atoms with E-state index in [1.54, 1.807) is 18.2 Å². The van der Waals surface area contributed by atoms with Crippen molar-refractivity contribution in [2.24, 2.45) is 0 Å². The van der Waals surface area contributed by atoms with Crippen LogP contribution in [0.5, 0.6) is 11.5 Å². The SMILES string of the molecule is O=[N+]([O-])c1ccc(Oc2cccc(Cl)c2CCl)cc1Cl. The minimum Gasteiger partial charge on any atom is -0.457 e. The summed E-state index contributed by atoms with van der Waals surface area (Å²) in [6.07, 6.45) is 0. The number of ether oxygens (including phenoxy) is 1. The van der Waals surface area contributed by atoms with Crippen molar-refractivity contribution in [1.82, 2.24) is 0 Å². The number of nitro benzene ring substituents is 1. The van der Waals surface area contributed by atoms with Crippen LogP contribution in [0, 0.1) is 10.1 Å². The van der Waals surface area contributed by atoms with Gasteiger partial charge in [-0.15, -0.1) is 11.6 Å². The highest BCUT2D eigenvalue weighted by Gasteiger charge is 2.14. The molecular weight excluding hydrogens is 325 g/mol. The van der Waals surface area contributed by atoms with Gasteiger partial charge in [0.15, 0.2) is 0 Å². The van der Waals surface area contributed by atoms with Crippen LogP contribution in [0.1, 0.15) is 5.56 Å². The number of nitrogens with zero attached hydrogens (tertiary/aromatic N) is 1. The Morgan fingerprint density at radius 2 is 1.90 bits per heavy atom. The molecular formula is C13H8Cl3NO3. The summed E-state index contributed by atoms with van der Waals surface area (Å²) in [5, 5.41) is 11.2. The van der Waals surface area contributed by atoms with Gasteiger partial charge in [0, 0.05) is 22.7 Å². The Labute approximate surface area is 130 Å². The predicted molar refractivity (Wildman–Crippen MR) is 79.2 cm³/mol. The van der Waals surface area contributed by atoms with Crippen LogP contribution in [-0.4, -0.2) is 4.92 Å². The molecule has 0 amide bonds. The van der Waals surface area contributed by atoms with Gasteiger partial charge in [0.1, 0.15) is 16.5 Å². The van der Waals surface area contributed by atoms with Crippen molar-refractivity contribution >= 4 is 40.5 Å². The Balaban J connectivity index is 2.34. The Bertz CT molecular complexity index is 661. The lowest BCUT2D eigenvalue weighted by Crippen LogP contribution is -1.92. The zero-order chi connectivity index (χ0) is 14.7. The molecule has 2 aromatic rings. The lowest BCUT2D eigenvalue weighted by Gasteiger charge is -2.11. The van der Waals surface area contributed by atoms with Crippen molar-refractivity contribution in [3.05, 3.63) is 62.1 Å². The minimum atomic E-state index is -0.560.